The molecule has 0 saturated heterocycles. The molecule has 0 aromatic heterocycles. The molecule has 0 aliphatic carbocycles. The summed E-state index contributed by atoms with van der Waals surface area (Å²) in [5, 5.41) is 2.78. The Morgan fingerprint density at radius 3 is 2.54 bits per heavy atom. The number of nitrogens with one attached hydrogen (secondary N) is 1. The zero-order valence-corrected chi connectivity index (χ0v) is 16.9. The van der Waals surface area contributed by atoms with Crippen LogP contribution < -0.4 is 14.8 Å². The minimum absolute atomic E-state index is 0.0298. The van der Waals surface area contributed by atoms with Gasteiger partial charge in [-0.05, 0) is 35.7 Å². The van der Waals surface area contributed by atoms with E-state index in [1.54, 1.807) is 38.1 Å². The van der Waals surface area contributed by atoms with Gasteiger partial charge in [-0.2, -0.15) is 0 Å². The van der Waals surface area contributed by atoms with Gasteiger partial charge in [0.1, 0.15) is 0 Å². The van der Waals surface area contributed by atoms with Crippen LogP contribution in [0, 0.1) is 0 Å². The molecule has 0 radical (unpaired) electrons. The van der Waals surface area contributed by atoms with Gasteiger partial charge >= 0.3 is 5.97 Å². The summed E-state index contributed by atoms with van der Waals surface area (Å²) in [6, 6.07) is 12.8. The number of carbonyl (C=O) groups excluding carboxylic acids is 2. The number of carbonyl (C=O) groups is 2. The SMILES string of the molecule is COC(=O)C[C@H](NC(=O)[C@H]1Cc2ccccc2S1)c1ccc(OC)c(OC)c1. The molecule has 3 rings (SSSR count). The van der Waals surface area contributed by atoms with Crippen LogP contribution in [0.15, 0.2) is 47.4 Å². The van der Waals surface area contributed by atoms with Crippen LogP contribution in [0.4, 0.5) is 0 Å². The van der Waals surface area contributed by atoms with Crippen LogP contribution in [0.5, 0.6) is 11.5 Å². The first-order chi connectivity index (χ1) is 13.5. The van der Waals surface area contributed by atoms with Gasteiger partial charge in [-0.1, -0.05) is 24.3 Å². The third kappa shape index (κ3) is 4.42. The van der Waals surface area contributed by atoms with Gasteiger partial charge in [0.2, 0.25) is 5.91 Å². The maximum absolute atomic E-state index is 12.9. The fraction of sp³-hybridized carbons (Fsp3) is 0.333. The largest absolute Gasteiger partial charge is 0.493 e. The second-order valence-electron chi connectivity index (χ2n) is 6.37. The molecule has 1 aliphatic heterocycles. The number of hydrogen-bond donors (Lipinski definition) is 1. The van der Waals surface area contributed by atoms with E-state index in [9.17, 15) is 9.59 Å². The molecule has 1 N–H and O–H groups in total. The summed E-state index contributed by atoms with van der Waals surface area (Å²) in [4.78, 5) is 25.9. The lowest BCUT2D eigenvalue weighted by Gasteiger charge is -2.21. The molecule has 2 aromatic carbocycles. The molecule has 1 aliphatic rings. The highest BCUT2D eigenvalue weighted by Crippen LogP contribution is 2.37. The molecule has 0 fully saturated rings. The maximum atomic E-state index is 12.9. The fourth-order valence-electron chi connectivity index (χ4n) is 3.16. The molecule has 2 atom stereocenters. The van der Waals surface area contributed by atoms with E-state index < -0.39 is 12.0 Å². The van der Waals surface area contributed by atoms with Crippen molar-refractivity contribution < 1.29 is 23.8 Å². The van der Waals surface area contributed by atoms with Crippen LogP contribution in [-0.2, 0) is 20.7 Å². The third-order valence-corrected chi connectivity index (χ3v) is 5.98. The minimum Gasteiger partial charge on any atom is -0.493 e. The van der Waals surface area contributed by atoms with E-state index in [-0.39, 0.29) is 17.6 Å². The van der Waals surface area contributed by atoms with Gasteiger partial charge in [0.25, 0.3) is 0 Å². The van der Waals surface area contributed by atoms with E-state index in [2.05, 4.69) is 5.32 Å². The highest BCUT2D eigenvalue weighted by molar-refractivity contribution is 8.01. The Morgan fingerprint density at radius 1 is 1.11 bits per heavy atom. The van der Waals surface area contributed by atoms with Crippen molar-refractivity contribution in [2.45, 2.75) is 29.0 Å². The van der Waals surface area contributed by atoms with Crippen molar-refractivity contribution in [3.8, 4) is 11.5 Å². The van der Waals surface area contributed by atoms with Crippen LogP contribution in [0.25, 0.3) is 0 Å². The average Bonchev–Trinajstić information content (AvgIpc) is 3.17. The van der Waals surface area contributed by atoms with Gasteiger partial charge in [0.15, 0.2) is 11.5 Å². The Bertz CT molecular complexity index is 845. The van der Waals surface area contributed by atoms with E-state index in [4.69, 9.17) is 14.2 Å². The summed E-state index contributed by atoms with van der Waals surface area (Å²) in [5.74, 6) is 0.607. The van der Waals surface area contributed by atoms with Crippen molar-refractivity contribution >= 4 is 23.6 Å². The van der Waals surface area contributed by atoms with Gasteiger partial charge < -0.3 is 19.5 Å². The van der Waals surface area contributed by atoms with Crippen LogP contribution in [0.2, 0.25) is 0 Å². The molecule has 1 heterocycles. The molecule has 6 nitrogen and oxygen atoms in total. The molecule has 0 saturated carbocycles. The Hall–Kier alpha value is -2.67. The number of fused-ring (bicyclic) bond motifs is 1. The number of hydrogen-bond acceptors (Lipinski definition) is 6. The molecular weight excluding hydrogens is 378 g/mol. The van der Waals surface area contributed by atoms with Crippen molar-refractivity contribution in [1.29, 1.82) is 0 Å². The van der Waals surface area contributed by atoms with E-state index in [0.29, 0.717) is 17.9 Å². The number of esters is 1. The van der Waals surface area contributed by atoms with Crippen molar-refractivity contribution in [3.05, 3.63) is 53.6 Å². The lowest BCUT2D eigenvalue weighted by Crippen LogP contribution is -2.36. The summed E-state index contributed by atoms with van der Waals surface area (Å²) in [5.41, 5.74) is 1.92. The molecule has 1 amide bonds. The Balaban J connectivity index is 1.79. The number of ether oxygens (including phenoxy) is 3. The molecule has 28 heavy (non-hydrogen) atoms. The van der Waals surface area contributed by atoms with Crippen LogP contribution in [-0.4, -0.2) is 38.5 Å². The summed E-state index contributed by atoms with van der Waals surface area (Å²) >= 11 is 1.55. The molecule has 2 aromatic rings. The van der Waals surface area contributed by atoms with E-state index in [1.807, 2.05) is 30.3 Å². The summed E-state index contributed by atoms with van der Waals surface area (Å²) in [6.07, 6.45) is 0.700. The lowest BCUT2D eigenvalue weighted by molar-refractivity contribution is -0.141. The Morgan fingerprint density at radius 2 is 1.86 bits per heavy atom. The van der Waals surface area contributed by atoms with E-state index in [0.717, 1.165) is 10.5 Å². The number of rotatable bonds is 7. The van der Waals surface area contributed by atoms with Crippen molar-refractivity contribution in [1.82, 2.24) is 5.32 Å². The summed E-state index contributed by atoms with van der Waals surface area (Å²) in [7, 11) is 4.43. The normalized spacial score (nSPS) is 16.0. The summed E-state index contributed by atoms with van der Waals surface area (Å²) < 4.78 is 15.4. The average molecular weight is 401 g/mol. The molecule has 7 heteroatoms. The fourth-order valence-corrected chi connectivity index (χ4v) is 4.37. The predicted molar refractivity (Wildman–Crippen MR) is 107 cm³/mol. The lowest BCUT2D eigenvalue weighted by atomic mass is 10.0. The molecular formula is C21H23NO5S. The van der Waals surface area contributed by atoms with Gasteiger partial charge in [0, 0.05) is 4.90 Å². The highest BCUT2D eigenvalue weighted by Gasteiger charge is 2.30. The first-order valence-corrected chi connectivity index (χ1v) is 9.77. The van der Waals surface area contributed by atoms with Gasteiger partial charge in [0.05, 0.1) is 39.0 Å². The van der Waals surface area contributed by atoms with E-state index in [1.165, 1.54) is 12.7 Å². The quantitative estimate of drug-likeness (QED) is 0.719. The first kappa shape index (κ1) is 20.1. The second kappa shape index (κ2) is 9.01. The Labute approximate surface area is 168 Å². The van der Waals surface area contributed by atoms with Crippen molar-refractivity contribution in [3.63, 3.8) is 0 Å². The third-order valence-electron chi connectivity index (χ3n) is 4.66. The highest BCUT2D eigenvalue weighted by atomic mass is 32.2. The molecule has 148 valence electrons. The minimum atomic E-state index is -0.524. The zero-order chi connectivity index (χ0) is 20.1. The van der Waals surface area contributed by atoms with Crippen LogP contribution >= 0.6 is 11.8 Å². The predicted octanol–water partition coefficient (Wildman–Crippen LogP) is 3.14. The summed E-state index contributed by atoms with van der Waals surface area (Å²) in [6.45, 7) is 0. The van der Waals surface area contributed by atoms with Crippen molar-refractivity contribution in [2.75, 3.05) is 21.3 Å². The maximum Gasteiger partial charge on any atom is 0.307 e. The van der Waals surface area contributed by atoms with Gasteiger partial charge in [-0.25, -0.2) is 0 Å². The van der Waals surface area contributed by atoms with Crippen molar-refractivity contribution in [2.24, 2.45) is 0 Å². The number of methoxy groups -OCH3 is 3. The molecule has 0 unspecified atom stereocenters. The molecule has 0 bridgehead atoms. The van der Waals surface area contributed by atoms with Crippen LogP contribution in [0.3, 0.4) is 0 Å². The van der Waals surface area contributed by atoms with Gasteiger partial charge in [-0.3, -0.25) is 9.59 Å². The van der Waals surface area contributed by atoms with Crippen LogP contribution in [0.1, 0.15) is 23.6 Å². The zero-order valence-electron chi connectivity index (χ0n) is 16.1. The standard InChI is InChI=1S/C21H23NO5S/c1-25-16-9-8-13(10-17(16)26-2)15(12-20(23)27-3)22-21(24)19-11-14-6-4-5-7-18(14)28-19/h4-10,15,19H,11-12H2,1-3H3,(H,22,24)/t15-,19+/m0/s1. The number of thioether (sulfide) groups is 1. The second-order valence-corrected chi connectivity index (χ2v) is 7.62. The van der Waals surface area contributed by atoms with Gasteiger partial charge in [-0.15, -0.1) is 11.8 Å². The number of benzene rings is 2. The number of amides is 1. The Kier molecular flexibility index (Phi) is 6.46. The van der Waals surface area contributed by atoms with E-state index >= 15 is 0 Å². The monoisotopic (exact) mass is 401 g/mol. The molecule has 0 spiro atoms. The topological polar surface area (TPSA) is 73.9 Å². The smallest absolute Gasteiger partial charge is 0.307 e. The first-order valence-electron chi connectivity index (χ1n) is 8.89.